The average molecular weight is 241 g/mol. The molecule has 0 aromatic heterocycles. The first-order valence-corrected chi connectivity index (χ1v) is 6.89. The second-order valence-electron chi connectivity index (χ2n) is 5.57. The minimum atomic E-state index is 0.105. The lowest BCUT2D eigenvalue weighted by Gasteiger charge is -2.52. The van der Waals surface area contributed by atoms with E-state index in [0.717, 1.165) is 32.7 Å². The van der Waals surface area contributed by atoms with E-state index in [2.05, 4.69) is 16.8 Å². The molecule has 2 rings (SSSR count). The minimum Gasteiger partial charge on any atom is -0.379 e. The lowest BCUT2D eigenvalue weighted by molar-refractivity contribution is -0.0869. The highest BCUT2D eigenvalue weighted by atomic mass is 16.5. The van der Waals surface area contributed by atoms with E-state index in [1.54, 1.807) is 0 Å². The first kappa shape index (κ1) is 13.3. The number of rotatable bonds is 3. The molecule has 1 heterocycles. The Morgan fingerprint density at radius 2 is 1.94 bits per heavy atom. The lowest BCUT2D eigenvalue weighted by atomic mass is 9.77. The van der Waals surface area contributed by atoms with Crippen molar-refractivity contribution >= 4 is 0 Å². The van der Waals surface area contributed by atoms with Gasteiger partial charge >= 0.3 is 0 Å². The second kappa shape index (κ2) is 5.65. The molecule has 0 spiro atoms. The van der Waals surface area contributed by atoms with E-state index in [-0.39, 0.29) is 5.54 Å². The SMILES string of the molecule is COC1CCCCC1(CN)N1CCN(C)CC1. The molecule has 1 saturated heterocycles. The van der Waals surface area contributed by atoms with Crippen molar-refractivity contribution in [2.45, 2.75) is 37.3 Å². The van der Waals surface area contributed by atoms with Crippen molar-refractivity contribution in [3.8, 4) is 0 Å². The molecule has 1 saturated carbocycles. The molecule has 1 aliphatic carbocycles. The molecular formula is C13H27N3O. The van der Waals surface area contributed by atoms with Gasteiger partial charge in [0, 0.05) is 39.8 Å². The molecule has 0 amide bonds. The Labute approximate surface area is 105 Å². The summed E-state index contributed by atoms with van der Waals surface area (Å²) in [5.74, 6) is 0. The van der Waals surface area contributed by atoms with E-state index in [0.29, 0.717) is 6.10 Å². The summed E-state index contributed by atoms with van der Waals surface area (Å²) in [6.45, 7) is 5.30. The normalized spacial score (nSPS) is 37.2. The number of ether oxygens (including phenoxy) is 1. The van der Waals surface area contributed by atoms with Crippen LogP contribution in [-0.2, 0) is 4.74 Å². The van der Waals surface area contributed by atoms with E-state index in [1.165, 1.54) is 25.7 Å². The van der Waals surface area contributed by atoms with Gasteiger partial charge in [0.25, 0.3) is 0 Å². The topological polar surface area (TPSA) is 41.7 Å². The van der Waals surface area contributed by atoms with Crippen molar-refractivity contribution < 1.29 is 4.74 Å². The van der Waals surface area contributed by atoms with Crippen LogP contribution in [0.25, 0.3) is 0 Å². The predicted molar refractivity (Wildman–Crippen MR) is 70.1 cm³/mol. The number of nitrogens with zero attached hydrogens (tertiary/aromatic N) is 2. The van der Waals surface area contributed by atoms with Gasteiger partial charge in [-0.15, -0.1) is 0 Å². The van der Waals surface area contributed by atoms with Crippen LogP contribution in [0.4, 0.5) is 0 Å². The fourth-order valence-electron chi connectivity index (χ4n) is 3.50. The fourth-order valence-corrected chi connectivity index (χ4v) is 3.50. The summed E-state index contributed by atoms with van der Waals surface area (Å²) in [7, 11) is 4.04. The highest BCUT2D eigenvalue weighted by Gasteiger charge is 2.45. The number of nitrogens with two attached hydrogens (primary N) is 1. The summed E-state index contributed by atoms with van der Waals surface area (Å²) >= 11 is 0. The zero-order chi connectivity index (χ0) is 12.3. The van der Waals surface area contributed by atoms with Gasteiger partial charge in [-0.2, -0.15) is 0 Å². The lowest BCUT2D eigenvalue weighted by Crippen LogP contribution is -2.66. The Morgan fingerprint density at radius 3 is 2.53 bits per heavy atom. The first-order valence-electron chi connectivity index (χ1n) is 6.89. The predicted octanol–water partition coefficient (Wildman–Crippen LogP) is 0.520. The molecule has 100 valence electrons. The van der Waals surface area contributed by atoms with Gasteiger partial charge in [-0.1, -0.05) is 12.8 Å². The number of hydrogen-bond acceptors (Lipinski definition) is 4. The molecule has 1 aliphatic heterocycles. The van der Waals surface area contributed by atoms with E-state index < -0.39 is 0 Å². The van der Waals surface area contributed by atoms with Gasteiger partial charge in [-0.25, -0.2) is 0 Å². The maximum atomic E-state index is 6.13. The van der Waals surface area contributed by atoms with Gasteiger partial charge in [0.2, 0.25) is 0 Å². The molecule has 2 N–H and O–H groups in total. The van der Waals surface area contributed by atoms with Gasteiger partial charge < -0.3 is 15.4 Å². The van der Waals surface area contributed by atoms with Crippen LogP contribution in [0.15, 0.2) is 0 Å². The molecule has 2 fully saturated rings. The van der Waals surface area contributed by atoms with Crippen LogP contribution in [0.3, 0.4) is 0 Å². The Balaban J connectivity index is 2.11. The summed E-state index contributed by atoms with van der Waals surface area (Å²) in [4.78, 5) is 4.99. The summed E-state index contributed by atoms with van der Waals surface area (Å²) in [6.07, 6.45) is 5.27. The number of hydrogen-bond donors (Lipinski definition) is 1. The van der Waals surface area contributed by atoms with E-state index in [4.69, 9.17) is 10.5 Å². The number of likely N-dealkylation sites (N-methyl/N-ethyl adjacent to an activating group) is 1. The van der Waals surface area contributed by atoms with Crippen molar-refractivity contribution in [1.82, 2.24) is 9.80 Å². The molecule has 4 heteroatoms. The third-order valence-electron chi connectivity index (χ3n) is 4.70. The molecular weight excluding hydrogens is 214 g/mol. The van der Waals surface area contributed by atoms with E-state index in [1.807, 2.05) is 7.11 Å². The molecule has 2 aliphatic rings. The van der Waals surface area contributed by atoms with Crippen LogP contribution >= 0.6 is 0 Å². The quantitative estimate of drug-likeness (QED) is 0.782. The van der Waals surface area contributed by atoms with Crippen molar-refractivity contribution in [2.24, 2.45) is 5.73 Å². The molecule has 0 aromatic carbocycles. The third kappa shape index (κ3) is 2.50. The summed E-state index contributed by atoms with van der Waals surface area (Å²) in [5.41, 5.74) is 6.24. The molecule has 2 unspecified atom stereocenters. The van der Waals surface area contributed by atoms with Crippen molar-refractivity contribution in [3.63, 3.8) is 0 Å². The summed E-state index contributed by atoms with van der Waals surface area (Å²) in [6, 6.07) is 0. The van der Waals surface area contributed by atoms with Crippen molar-refractivity contribution in [2.75, 3.05) is 46.9 Å². The molecule has 17 heavy (non-hydrogen) atoms. The Morgan fingerprint density at radius 1 is 1.24 bits per heavy atom. The highest BCUT2D eigenvalue weighted by molar-refractivity contribution is 5.02. The average Bonchev–Trinajstić information content (AvgIpc) is 2.39. The second-order valence-corrected chi connectivity index (χ2v) is 5.57. The number of methoxy groups -OCH3 is 1. The summed E-state index contributed by atoms with van der Waals surface area (Å²) < 4.78 is 5.74. The highest BCUT2D eigenvalue weighted by Crippen LogP contribution is 2.35. The zero-order valence-electron chi connectivity index (χ0n) is 11.3. The first-order chi connectivity index (χ1) is 8.23. The van der Waals surface area contributed by atoms with Crippen LogP contribution < -0.4 is 5.73 Å². The van der Waals surface area contributed by atoms with Crippen LogP contribution in [0.2, 0.25) is 0 Å². The smallest absolute Gasteiger partial charge is 0.0767 e. The van der Waals surface area contributed by atoms with Gasteiger partial charge in [0.1, 0.15) is 0 Å². The third-order valence-corrected chi connectivity index (χ3v) is 4.70. The molecule has 0 bridgehead atoms. The van der Waals surface area contributed by atoms with Gasteiger partial charge in [-0.3, -0.25) is 4.90 Å². The summed E-state index contributed by atoms with van der Waals surface area (Å²) in [5, 5.41) is 0. The monoisotopic (exact) mass is 241 g/mol. The Kier molecular flexibility index (Phi) is 4.42. The van der Waals surface area contributed by atoms with Crippen LogP contribution in [0.5, 0.6) is 0 Å². The van der Waals surface area contributed by atoms with Crippen LogP contribution in [-0.4, -0.2) is 68.3 Å². The van der Waals surface area contributed by atoms with Gasteiger partial charge in [0.05, 0.1) is 11.6 Å². The molecule has 0 radical (unpaired) electrons. The molecule has 0 aromatic rings. The van der Waals surface area contributed by atoms with Gasteiger partial charge in [-0.05, 0) is 19.9 Å². The molecule has 2 atom stereocenters. The van der Waals surface area contributed by atoms with Crippen molar-refractivity contribution in [3.05, 3.63) is 0 Å². The minimum absolute atomic E-state index is 0.105. The fraction of sp³-hybridized carbons (Fsp3) is 1.00. The zero-order valence-corrected chi connectivity index (χ0v) is 11.3. The maximum Gasteiger partial charge on any atom is 0.0767 e. The Bertz CT molecular complexity index is 241. The maximum absolute atomic E-state index is 6.13. The van der Waals surface area contributed by atoms with Gasteiger partial charge in [0.15, 0.2) is 0 Å². The van der Waals surface area contributed by atoms with E-state index in [9.17, 15) is 0 Å². The van der Waals surface area contributed by atoms with Crippen molar-refractivity contribution in [1.29, 1.82) is 0 Å². The Hall–Kier alpha value is -0.160. The van der Waals surface area contributed by atoms with Crippen LogP contribution in [0, 0.1) is 0 Å². The standard InChI is InChI=1S/C13H27N3O/c1-15-7-9-16(10-8-15)13(11-14)6-4-3-5-12(13)17-2/h12H,3-11,14H2,1-2H3. The largest absolute Gasteiger partial charge is 0.379 e. The molecule has 4 nitrogen and oxygen atoms in total. The number of piperazine rings is 1. The van der Waals surface area contributed by atoms with Crippen LogP contribution in [0.1, 0.15) is 25.7 Å². The van der Waals surface area contributed by atoms with E-state index >= 15 is 0 Å².